The summed E-state index contributed by atoms with van der Waals surface area (Å²) in [4.78, 5) is 18.9. The van der Waals surface area contributed by atoms with E-state index in [1.165, 1.54) is 13.2 Å². The molecule has 2 heterocycles. The Bertz CT molecular complexity index is 1060. The van der Waals surface area contributed by atoms with Crippen LogP contribution in [0.15, 0.2) is 48.5 Å². The Morgan fingerprint density at radius 1 is 1.10 bits per heavy atom. The van der Waals surface area contributed by atoms with E-state index in [0.29, 0.717) is 6.61 Å². The molecule has 1 aliphatic rings. The van der Waals surface area contributed by atoms with E-state index in [2.05, 4.69) is 4.90 Å². The summed E-state index contributed by atoms with van der Waals surface area (Å²) in [6.07, 6.45) is 1.56. The third-order valence-electron chi connectivity index (χ3n) is 5.60. The number of esters is 1. The van der Waals surface area contributed by atoms with Crippen molar-refractivity contribution in [2.24, 2.45) is 5.92 Å². The summed E-state index contributed by atoms with van der Waals surface area (Å²) < 4.78 is 24.2. The average molecular weight is 408 g/mol. The van der Waals surface area contributed by atoms with E-state index in [0.717, 1.165) is 53.8 Å². The van der Waals surface area contributed by atoms with Crippen molar-refractivity contribution in [3.63, 3.8) is 0 Å². The van der Waals surface area contributed by atoms with Gasteiger partial charge in [0.15, 0.2) is 11.6 Å². The number of carbonyl (C=O) groups is 1. The quantitative estimate of drug-likeness (QED) is 0.566. The topological polar surface area (TPSA) is 51.7 Å². The van der Waals surface area contributed by atoms with Crippen molar-refractivity contribution in [3.8, 4) is 16.9 Å². The number of halogens is 1. The van der Waals surface area contributed by atoms with Gasteiger partial charge in [0.2, 0.25) is 0 Å². The van der Waals surface area contributed by atoms with E-state index in [1.54, 1.807) is 6.07 Å². The molecule has 1 saturated heterocycles. The Labute approximate surface area is 175 Å². The molecule has 0 atom stereocenters. The fourth-order valence-corrected chi connectivity index (χ4v) is 3.92. The van der Waals surface area contributed by atoms with E-state index in [-0.39, 0.29) is 23.5 Å². The summed E-state index contributed by atoms with van der Waals surface area (Å²) in [5.41, 5.74) is 2.60. The highest BCUT2D eigenvalue weighted by Gasteiger charge is 2.26. The Morgan fingerprint density at radius 3 is 2.53 bits per heavy atom. The Kier molecular flexibility index (Phi) is 5.84. The second-order valence-electron chi connectivity index (χ2n) is 7.44. The van der Waals surface area contributed by atoms with Gasteiger partial charge in [-0.05, 0) is 67.3 Å². The van der Waals surface area contributed by atoms with E-state index in [9.17, 15) is 9.18 Å². The van der Waals surface area contributed by atoms with E-state index < -0.39 is 0 Å². The number of nitrogens with zero attached hydrogens (tertiary/aromatic N) is 2. The molecule has 5 nitrogen and oxygen atoms in total. The summed E-state index contributed by atoms with van der Waals surface area (Å²) in [6.45, 7) is 3.83. The standard InChI is InChI=1S/C24H25FN2O3/c1-3-30-24(28)16-10-12-27(13-11-16)23-9-6-19-14-17(4-7-21(19)26-23)18-5-8-22(29-2)20(25)15-18/h4-9,14-16H,3,10-13H2,1-2H3. The van der Waals surface area contributed by atoms with Gasteiger partial charge in [-0.3, -0.25) is 4.79 Å². The van der Waals surface area contributed by atoms with Gasteiger partial charge in [0.1, 0.15) is 5.82 Å². The zero-order valence-corrected chi connectivity index (χ0v) is 17.2. The van der Waals surface area contributed by atoms with Crippen molar-refractivity contribution in [1.29, 1.82) is 0 Å². The molecule has 0 bridgehead atoms. The maximum Gasteiger partial charge on any atom is 0.309 e. The molecule has 156 valence electrons. The first kappa shape index (κ1) is 20.1. The van der Waals surface area contributed by atoms with Gasteiger partial charge in [0.25, 0.3) is 0 Å². The van der Waals surface area contributed by atoms with Gasteiger partial charge in [0, 0.05) is 18.5 Å². The van der Waals surface area contributed by atoms with E-state index in [1.807, 2.05) is 43.3 Å². The van der Waals surface area contributed by atoms with Crippen molar-refractivity contribution >= 4 is 22.7 Å². The van der Waals surface area contributed by atoms with E-state index >= 15 is 0 Å². The first-order valence-electron chi connectivity index (χ1n) is 10.3. The number of aromatic nitrogens is 1. The number of anilines is 1. The lowest BCUT2D eigenvalue weighted by Crippen LogP contribution is -2.37. The van der Waals surface area contributed by atoms with E-state index in [4.69, 9.17) is 14.5 Å². The summed E-state index contributed by atoms with van der Waals surface area (Å²) in [5.74, 6) is 0.653. The highest BCUT2D eigenvalue weighted by Crippen LogP contribution is 2.29. The molecule has 0 radical (unpaired) electrons. The van der Waals surface area contributed by atoms with Crippen LogP contribution in [0, 0.1) is 11.7 Å². The lowest BCUT2D eigenvalue weighted by atomic mass is 9.97. The fraction of sp³-hybridized carbons (Fsp3) is 0.333. The van der Waals surface area contributed by atoms with Crippen molar-refractivity contribution in [2.45, 2.75) is 19.8 Å². The molecular weight excluding hydrogens is 383 g/mol. The van der Waals surface area contributed by atoms with Crippen LogP contribution in [0.4, 0.5) is 10.2 Å². The van der Waals surface area contributed by atoms with Crippen LogP contribution in [-0.2, 0) is 9.53 Å². The number of benzene rings is 2. The summed E-state index contributed by atoms with van der Waals surface area (Å²) in [7, 11) is 1.46. The first-order valence-corrected chi connectivity index (χ1v) is 10.3. The van der Waals surface area contributed by atoms with Gasteiger partial charge in [-0.1, -0.05) is 12.1 Å². The van der Waals surface area contributed by atoms with Crippen LogP contribution in [0.2, 0.25) is 0 Å². The number of methoxy groups -OCH3 is 1. The Hall–Kier alpha value is -3.15. The van der Waals surface area contributed by atoms with Gasteiger partial charge >= 0.3 is 5.97 Å². The molecular formula is C24H25FN2O3. The maximum atomic E-state index is 14.1. The van der Waals surface area contributed by atoms with Crippen molar-refractivity contribution in [1.82, 2.24) is 4.98 Å². The highest BCUT2D eigenvalue weighted by atomic mass is 19.1. The number of pyridine rings is 1. The smallest absolute Gasteiger partial charge is 0.309 e. The lowest BCUT2D eigenvalue weighted by Gasteiger charge is -2.31. The van der Waals surface area contributed by atoms with Gasteiger partial charge < -0.3 is 14.4 Å². The van der Waals surface area contributed by atoms with Crippen molar-refractivity contribution in [2.75, 3.05) is 31.7 Å². The normalized spacial score (nSPS) is 14.7. The number of hydrogen-bond acceptors (Lipinski definition) is 5. The number of piperidine rings is 1. The summed E-state index contributed by atoms with van der Waals surface area (Å²) in [5, 5.41) is 0.994. The number of ether oxygens (including phenoxy) is 2. The maximum absolute atomic E-state index is 14.1. The molecule has 0 saturated carbocycles. The molecule has 3 aromatic rings. The molecule has 30 heavy (non-hydrogen) atoms. The average Bonchev–Trinajstić information content (AvgIpc) is 2.78. The molecule has 6 heteroatoms. The third kappa shape index (κ3) is 4.08. The van der Waals surface area contributed by atoms with Crippen LogP contribution in [-0.4, -0.2) is 37.8 Å². The molecule has 4 rings (SSSR count). The molecule has 1 fully saturated rings. The molecule has 0 N–H and O–H groups in total. The Balaban J connectivity index is 1.51. The molecule has 2 aromatic carbocycles. The monoisotopic (exact) mass is 408 g/mol. The molecule has 1 aliphatic heterocycles. The van der Waals surface area contributed by atoms with Gasteiger partial charge in [0.05, 0.1) is 25.2 Å². The van der Waals surface area contributed by atoms with Crippen molar-refractivity contribution in [3.05, 3.63) is 54.3 Å². The molecule has 0 spiro atoms. The van der Waals surface area contributed by atoms with Crippen LogP contribution < -0.4 is 9.64 Å². The minimum Gasteiger partial charge on any atom is -0.494 e. The summed E-state index contributed by atoms with van der Waals surface area (Å²) >= 11 is 0. The zero-order chi connectivity index (χ0) is 21.1. The SMILES string of the molecule is CCOC(=O)C1CCN(c2ccc3cc(-c4ccc(OC)c(F)c4)ccc3n2)CC1. The minimum atomic E-state index is -0.380. The Morgan fingerprint density at radius 2 is 1.83 bits per heavy atom. The van der Waals surface area contributed by atoms with Gasteiger partial charge in [-0.2, -0.15) is 0 Å². The zero-order valence-electron chi connectivity index (χ0n) is 17.2. The molecule has 1 aromatic heterocycles. The number of rotatable bonds is 5. The highest BCUT2D eigenvalue weighted by molar-refractivity contribution is 5.86. The van der Waals surface area contributed by atoms with Crippen LogP contribution >= 0.6 is 0 Å². The van der Waals surface area contributed by atoms with Crippen LogP contribution in [0.1, 0.15) is 19.8 Å². The van der Waals surface area contributed by atoms with Crippen molar-refractivity contribution < 1.29 is 18.7 Å². The third-order valence-corrected chi connectivity index (χ3v) is 5.60. The second-order valence-corrected chi connectivity index (χ2v) is 7.44. The van der Waals surface area contributed by atoms with Gasteiger partial charge in [-0.15, -0.1) is 0 Å². The lowest BCUT2D eigenvalue weighted by molar-refractivity contribution is -0.148. The predicted octanol–water partition coefficient (Wildman–Crippen LogP) is 4.83. The second kappa shape index (κ2) is 8.69. The molecule has 0 aliphatic carbocycles. The fourth-order valence-electron chi connectivity index (χ4n) is 3.92. The predicted molar refractivity (Wildman–Crippen MR) is 115 cm³/mol. The first-order chi connectivity index (χ1) is 14.6. The molecule has 0 amide bonds. The minimum absolute atomic E-state index is 0.0193. The largest absolute Gasteiger partial charge is 0.494 e. The van der Waals surface area contributed by atoms with Gasteiger partial charge in [-0.25, -0.2) is 9.37 Å². The summed E-state index contributed by atoms with van der Waals surface area (Å²) in [6, 6.07) is 14.9. The number of fused-ring (bicyclic) bond motifs is 1. The van der Waals surface area contributed by atoms with Crippen LogP contribution in [0.5, 0.6) is 5.75 Å². The van der Waals surface area contributed by atoms with Crippen LogP contribution in [0.25, 0.3) is 22.0 Å². The molecule has 0 unspecified atom stereocenters. The number of carbonyl (C=O) groups excluding carboxylic acids is 1. The number of hydrogen-bond donors (Lipinski definition) is 0. The van der Waals surface area contributed by atoms with Crippen LogP contribution in [0.3, 0.4) is 0 Å².